The number of hydrogen-bond acceptors (Lipinski definition) is 4. The molecule has 1 heterocycles. The summed E-state index contributed by atoms with van der Waals surface area (Å²) in [6, 6.07) is 4.98. The zero-order valence-electron chi connectivity index (χ0n) is 11.2. The molecule has 0 aliphatic heterocycles. The molecule has 0 unspecified atom stereocenters. The van der Waals surface area contributed by atoms with E-state index in [1.807, 2.05) is 0 Å². The lowest BCUT2D eigenvalue weighted by molar-refractivity contribution is -0.120. The summed E-state index contributed by atoms with van der Waals surface area (Å²) < 4.78 is 25.9. The number of aromatic nitrogens is 1. The van der Waals surface area contributed by atoms with Crippen LogP contribution in [0.4, 0.5) is 5.69 Å². The Morgan fingerprint density at radius 3 is 2.80 bits per heavy atom. The first-order chi connectivity index (χ1) is 9.36. The van der Waals surface area contributed by atoms with E-state index in [4.69, 9.17) is 5.73 Å². The molecule has 7 nitrogen and oxygen atoms in total. The van der Waals surface area contributed by atoms with Crippen molar-refractivity contribution in [2.75, 3.05) is 26.4 Å². The molecule has 1 amide bonds. The molecular formula is C12H16N4O3S. The van der Waals surface area contributed by atoms with E-state index in [0.29, 0.717) is 16.6 Å². The number of carbonyl (C=O) groups is 1. The van der Waals surface area contributed by atoms with E-state index in [2.05, 4.69) is 10.3 Å². The molecule has 2 rings (SSSR count). The van der Waals surface area contributed by atoms with Gasteiger partial charge in [0.05, 0.1) is 6.54 Å². The van der Waals surface area contributed by atoms with Gasteiger partial charge < -0.3 is 16.0 Å². The average molecular weight is 296 g/mol. The van der Waals surface area contributed by atoms with Crippen molar-refractivity contribution in [2.45, 2.75) is 4.90 Å². The van der Waals surface area contributed by atoms with Gasteiger partial charge in [-0.05, 0) is 18.2 Å². The lowest BCUT2D eigenvalue weighted by Gasteiger charge is -2.15. The Kier molecular flexibility index (Phi) is 3.69. The van der Waals surface area contributed by atoms with Crippen molar-refractivity contribution >= 4 is 32.5 Å². The molecule has 0 fully saturated rings. The van der Waals surface area contributed by atoms with Gasteiger partial charge in [-0.3, -0.25) is 4.79 Å². The summed E-state index contributed by atoms with van der Waals surface area (Å²) >= 11 is 0. The molecule has 0 bridgehead atoms. The molecule has 0 spiro atoms. The smallest absolute Gasteiger partial charge is 0.245 e. The molecule has 108 valence electrons. The molecule has 8 heteroatoms. The van der Waals surface area contributed by atoms with Gasteiger partial charge >= 0.3 is 0 Å². The van der Waals surface area contributed by atoms with Crippen molar-refractivity contribution in [2.24, 2.45) is 0 Å². The first kappa shape index (κ1) is 14.4. The first-order valence-corrected chi connectivity index (χ1v) is 7.34. The number of rotatable bonds is 4. The van der Waals surface area contributed by atoms with E-state index in [0.717, 1.165) is 4.31 Å². The number of H-pyrrole nitrogens is 1. The Balaban J connectivity index is 2.46. The van der Waals surface area contributed by atoms with Crippen LogP contribution in [0.15, 0.2) is 29.3 Å². The van der Waals surface area contributed by atoms with Crippen LogP contribution in [0.3, 0.4) is 0 Å². The van der Waals surface area contributed by atoms with Crippen molar-refractivity contribution in [3.63, 3.8) is 0 Å². The summed E-state index contributed by atoms with van der Waals surface area (Å²) in [6.07, 6.45) is 1.40. The van der Waals surface area contributed by atoms with Crippen LogP contribution in [-0.2, 0) is 14.8 Å². The first-order valence-electron chi connectivity index (χ1n) is 5.90. The number of nitrogens with two attached hydrogens (primary N) is 1. The third-order valence-corrected chi connectivity index (χ3v) is 4.84. The summed E-state index contributed by atoms with van der Waals surface area (Å²) in [5.41, 5.74) is 6.83. The fourth-order valence-corrected chi connectivity index (χ4v) is 3.14. The summed E-state index contributed by atoms with van der Waals surface area (Å²) in [5.74, 6) is -0.379. The van der Waals surface area contributed by atoms with E-state index >= 15 is 0 Å². The zero-order chi connectivity index (χ0) is 14.9. The monoisotopic (exact) mass is 296 g/mol. The van der Waals surface area contributed by atoms with Crippen LogP contribution >= 0.6 is 0 Å². The highest BCUT2D eigenvalue weighted by atomic mass is 32.2. The standard InChI is InChI=1S/C12H16N4O3S/c1-14-12(17)7-16(2)20(18,19)11-6-15-10-4-3-8(13)5-9(10)11/h3-6,15H,7,13H2,1-2H3,(H,14,17). The molecule has 20 heavy (non-hydrogen) atoms. The molecule has 0 atom stereocenters. The van der Waals surface area contributed by atoms with Gasteiger partial charge in [-0.2, -0.15) is 4.31 Å². The number of sulfonamides is 1. The minimum Gasteiger partial charge on any atom is -0.399 e. The van der Waals surface area contributed by atoms with Crippen molar-refractivity contribution < 1.29 is 13.2 Å². The van der Waals surface area contributed by atoms with E-state index in [1.54, 1.807) is 18.2 Å². The topological polar surface area (TPSA) is 108 Å². The Labute approximate surface area is 116 Å². The Hall–Kier alpha value is -2.06. The van der Waals surface area contributed by atoms with E-state index in [9.17, 15) is 13.2 Å². The predicted octanol–water partition coefficient (Wildman–Crippen LogP) is 0.117. The molecule has 4 N–H and O–H groups in total. The molecule has 1 aromatic carbocycles. The van der Waals surface area contributed by atoms with Crippen molar-refractivity contribution in [1.82, 2.24) is 14.6 Å². The summed E-state index contributed by atoms with van der Waals surface area (Å²) in [5, 5.41) is 2.89. The number of nitrogen functional groups attached to an aromatic ring is 1. The fourth-order valence-electron chi connectivity index (χ4n) is 1.86. The maximum atomic E-state index is 12.5. The van der Waals surface area contributed by atoms with Crippen LogP contribution in [0.5, 0.6) is 0 Å². The number of aromatic amines is 1. The minimum atomic E-state index is -3.76. The second-order valence-electron chi connectivity index (χ2n) is 4.39. The molecule has 2 aromatic rings. The van der Waals surface area contributed by atoms with Crippen molar-refractivity contribution in [1.29, 1.82) is 0 Å². The van der Waals surface area contributed by atoms with Gasteiger partial charge in [0, 0.05) is 36.9 Å². The van der Waals surface area contributed by atoms with Crippen LogP contribution in [0.1, 0.15) is 0 Å². The highest BCUT2D eigenvalue weighted by Crippen LogP contribution is 2.26. The number of fused-ring (bicyclic) bond motifs is 1. The lowest BCUT2D eigenvalue weighted by atomic mass is 10.2. The summed E-state index contributed by atoms with van der Waals surface area (Å²) in [6.45, 7) is -0.242. The number of nitrogens with one attached hydrogen (secondary N) is 2. The number of hydrogen-bond donors (Lipinski definition) is 3. The second-order valence-corrected chi connectivity index (χ2v) is 6.41. The van der Waals surface area contributed by atoms with Crippen molar-refractivity contribution in [3.05, 3.63) is 24.4 Å². The fraction of sp³-hybridized carbons (Fsp3) is 0.250. The molecule has 0 saturated heterocycles. The third-order valence-electron chi connectivity index (χ3n) is 3.00. The van der Waals surface area contributed by atoms with E-state index in [1.165, 1.54) is 20.3 Å². The molecule has 0 radical (unpaired) electrons. The lowest BCUT2D eigenvalue weighted by Crippen LogP contribution is -2.36. The van der Waals surface area contributed by atoms with Crippen LogP contribution < -0.4 is 11.1 Å². The largest absolute Gasteiger partial charge is 0.399 e. The number of benzene rings is 1. The van der Waals surface area contributed by atoms with Crippen LogP contribution in [0.25, 0.3) is 10.9 Å². The Morgan fingerprint density at radius 2 is 2.15 bits per heavy atom. The SMILES string of the molecule is CNC(=O)CN(C)S(=O)(=O)c1c[nH]c2ccc(N)cc12. The highest BCUT2D eigenvalue weighted by Gasteiger charge is 2.25. The molecule has 0 aliphatic carbocycles. The van der Waals surface area contributed by atoms with Gasteiger partial charge in [-0.1, -0.05) is 0 Å². The maximum Gasteiger partial charge on any atom is 0.245 e. The predicted molar refractivity (Wildman–Crippen MR) is 76.6 cm³/mol. The number of nitrogens with zero attached hydrogens (tertiary/aromatic N) is 1. The van der Waals surface area contributed by atoms with Gasteiger partial charge in [0.2, 0.25) is 15.9 Å². The highest BCUT2D eigenvalue weighted by molar-refractivity contribution is 7.89. The quantitative estimate of drug-likeness (QED) is 0.696. The normalized spacial score (nSPS) is 11.9. The van der Waals surface area contributed by atoms with E-state index in [-0.39, 0.29) is 17.3 Å². The summed E-state index contributed by atoms with van der Waals surface area (Å²) in [4.78, 5) is 14.3. The number of anilines is 1. The minimum absolute atomic E-state index is 0.103. The average Bonchev–Trinajstić information content (AvgIpc) is 2.81. The maximum absolute atomic E-state index is 12.5. The van der Waals surface area contributed by atoms with E-state index < -0.39 is 10.0 Å². The zero-order valence-corrected chi connectivity index (χ0v) is 12.0. The summed E-state index contributed by atoms with van der Waals surface area (Å²) in [7, 11) is -0.948. The van der Waals surface area contributed by atoms with Crippen LogP contribution in [0, 0.1) is 0 Å². The number of amides is 1. The molecule has 1 aromatic heterocycles. The second kappa shape index (κ2) is 5.14. The van der Waals surface area contributed by atoms with Gasteiger partial charge in [-0.25, -0.2) is 8.42 Å². The van der Waals surface area contributed by atoms with Crippen LogP contribution in [-0.4, -0.2) is 44.3 Å². The Morgan fingerprint density at radius 1 is 1.45 bits per heavy atom. The molecule has 0 saturated carbocycles. The third kappa shape index (κ3) is 2.47. The van der Waals surface area contributed by atoms with Crippen molar-refractivity contribution in [3.8, 4) is 0 Å². The van der Waals surface area contributed by atoms with Gasteiger partial charge in [-0.15, -0.1) is 0 Å². The molecule has 0 aliphatic rings. The van der Waals surface area contributed by atoms with Gasteiger partial charge in [0.25, 0.3) is 0 Å². The number of carbonyl (C=O) groups excluding carboxylic acids is 1. The van der Waals surface area contributed by atoms with Gasteiger partial charge in [0.15, 0.2) is 0 Å². The number of likely N-dealkylation sites (N-methyl/N-ethyl adjacent to an activating group) is 2. The van der Waals surface area contributed by atoms with Gasteiger partial charge in [0.1, 0.15) is 4.90 Å². The molecular weight excluding hydrogens is 280 g/mol. The van der Waals surface area contributed by atoms with Crippen LogP contribution in [0.2, 0.25) is 0 Å². The Bertz CT molecular complexity index is 751.